The molecule has 2 aromatic heterocycles. The predicted molar refractivity (Wildman–Crippen MR) is 71.8 cm³/mol. The van der Waals surface area contributed by atoms with Gasteiger partial charge in [-0.05, 0) is 52.7 Å². The van der Waals surface area contributed by atoms with Crippen molar-refractivity contribution in [2.75, 3.05) is 0 Å². The lowest BCUT2D eigenvalue weighted by molar-refractivity contribution is 0.629. The second-order valence-electron chi connectivity index (χ2n) is 3.81. The van der Waals surface area contributed by atoms with Gasteiger partial charge in [0.15, 0.2) is 0 Å². The van der Waals surface area contributed by atoms with E-state index >= 15 is 0 Å². The van der Waals surface area contributed by atoms with Crippen LogP contribution < -0.4 is 0 Å². The van der Waals surface area contributed by atoms with E-state index in [0.29, 0.717) is 0 Å². The first-order chi connectivity index (χ1) is 8.13. The van der Waals surface area contributed by atoms with Crippen LogP contribution in [0.3, 0.4) is 0 Å². The van der Waals surface area contributed by atoms with Gasteiger partial charge in [0.05, 0.1) is 19.7 Å². The molecule has 3 aromatic rings. The summed E-state index contributed by atoms with van der Waals surface area (Å²) in [5.41, 5.74) is 2.68. The van der Waals surface area contributed by atoms with Gasteiger partial charge in [-0.15, -0.1) is 11.3 Å². The van der Waals surface area contributed by atoms with Crippen LogP contribution >= 0.6 is 27.3 Å². The molecule has 17 heavy (non-hydrogen) atoms. The third-order valence-electron chi connectivity index (χ3n) is 2.53. The minimum absolute atomic E-state index is 0.253. The molecule has 0 aliphatic heterocycles. The number of fused-ring (bicyclic) bond motifs is 1. The highest BCUT2D eigenvalue weighted by Crippen LogP contribution is 2.34. The summed E-state index contributed by atoms with van der Waals surface area (Å²) in [7, 11) is 0. The summed E-state index contributed by atoms with van der Waals surface area (Å²) in [5.74, 6) is 0.528. The monoisotopic (exact) mass is 310 g/mol. The number of aromatic amines is 1. The maximum Gasteiger partial charge on any atom is 0.148 e. The van der Waals surface area contributed by atoms with E-state index in [0.717, 1.165) is 25.5 Å². The van der Waals surface area contributed by atoms with Crippen LogP contribution in [0.1, 0.15) is 5.56 Å². The van der Waals surface area contributed by atoms with Crippen molar-refractivity contribution in [3.63, 3.8) is 0 Å². The number of benzene rings is 1. The van der Waals surface area contributed by atoms with Crippen LogP contribution in [0.25, 0.3) is 21.7 Å². The predicted octanol–water partition coefficient (Wildman–Crippen LogP) is 4.50. The summed E-state index contributed by atoms with van der Waals surface area (Å²) in [6.45, 7) is 2.03. The van der Waals surface area contributed by atoms with Crippen molar-refractivity contribution in [2.24, 2.45) is 0 Å². The molecule has 5 heteroatoms. The van der Waals surface area contributed by atoms with Crippen molar-refractivity contribution >= 4 is 38.3 Å². The average Bonchev–Trinajstić information content (AvgIpc) is 2.83. The Morgan fingerprint density at radius 3 is 2.88 bits per heavy atom. The van der Waals surface area contributed by atoms with E-state index < -0.39 is 0 Å². The molecule has 0 aliphatic rings. The Kier molecular flexibility index (Phi) is 2.52. The normalized spacial score (nSPS) is 11.2. The van der Waals surface area contributed by atoms with Gasteiger partial charge in [0, 0.05) is 0 Å². The van der Waals surface area contributed by atoms with Crippen molar-refractivity contribution in [1.82, 2.24) is 9.97 Å². The fourth-order valence-electron chi connectivity index (χ4n) is 1.68. The molecule has 0 unspecified atom stereocenters. The molecule has 0 atom stereocenters. The van der Waals surface area contributed by atoms with Crippen LogP contribution in [0.4, 0.5) is 4.39 Å². The molecule has 1 aromatic carbocycles. The zero-order valence-electron chi connectivity index (χ0n) is 8.92. The molecule has 0 amide bonds. The van der Waals surface area contributed by atoms with Gasteiger partial charge in [-0.25, -0.2) is 9.37 Å². The number of nitrogens with zero attached hydrogens (tertiary/aromatic N) is 1. The third-order valence-corrected chi connectivity index (χ3v) is 4.68. The summed E-state index contributed by atoms with van der Waals surface area (Å²) in [4.78, 5) is 8.62. The molecular formula is C12H8BrFN2S. The summed E-state index contributed by atoms with van der Waals surface area (Å²) in [5, 5.41) is 0. The van der Waals surface area contributed by atoms with Gasteiger partial charge in [-0.1, -0.05) is 0 Å². The molecule has 3 rings (SSSR count). The Labute approximate surface area is 110 Å². The van der Waals surface area contributed by atoms with Crippen molar-refractivity contribution in [3.05, 3.63) is 39.4 Å². The fraction of sp³-hybridized carbons (Fsp3) is 0.0833. The van der Waals surface area contributed by atoms with E-state index in [1.54, 1.807) is 17.4 Å². The zero-order valence-corrected chi connectivity index (χ0v) is 11.3. The van der Waals surface area contributed by atoms with Gasteiger partial charge >= 0.3 is 0 Å². The summed E-state index contributed by atoms with van der Waals surface area (Å²) in [6.07, 6.45) is 0. The second-order valence-corrected chi connectivity index (χ2v) is 6.18. The van der Waals surface area contributed by atoms with Gasteiger partial charge in [-0.2, -0.15) is 0 Å². The van der Waals surface area contributed by atoms with Gasteiger partial charge in [0.25, 0.3) is 0 Å². The van der Waals surface area contributed by atoms with Gasteiger partial charge < -0.3 is 4.98 Å². The summed E-state index contributed by atoms with van der Waals surface area (Å²) < 4.78 is 14.2. The lowest BCUT2D eigenvalue weighted by Gasteiger charge is -1.87. The molecule has 2 heterocycles. The number of halogens is 2. The average molecular weight is 311 g/mol. The Morgan fingerprint density at radius 2 is 2.18 bits per heavy atom. The number of thiophene rings is 1. The van der Waals surface area contributed by atoms with Crippen LogP contribution in [0.5, 0.6) is 0 Å². The number of hydrogen-bond acceptors (Lipinski definition) is 2. The van der Waals surface area contributed by atoms with E-state index in [9.17, 15) is 4.39 Å². The number of H-pyrrole nitrogens is 1. The molecule has 0 bridgehead atoms. The minimum atomic E-state index is -0.253. The van der Waals surface area contributed by atoms with Crippen molar-refractivity contribution < 1.29 is 4.39 Å². The maximum absolute atomic E-state index is 13.1. The molecule has 0 saturated heterocycles. The molecule has 0 saturated carbocycles. The van der Waals surface area contributed by atoms with Crippen molar-refractivity contribution in [3.8, 4) is 10.7 Å². The minimum Gasteiger partial charge on any atom is -0.337 e. The number of hydrogen-bond donors (Lipinski definition) is 1. The Balaban J connectivity index is 2.17. The molecule has 0 spiro atoms. The van der Waals surface area contributed by atoms with E-state index in [-0.39, 0.29) is 5.82 Å². The number of imidazole rings is 1. The van der Waals surface area contributed by atoms with Gasteiger partial charge in [0.2, 0.25) is 0 Å². The molecule has 86 valence electrons. The van der Waals surface area contributed by atoms with E-state index in [2.05, 4.69) is 32.0 Å². The quantitative estimate of drug-likeness (QED) is 0.704. The number of aromatic nitrogens is 2. The first-order valence-electron chi connectivity index (χ1n) is 5.05. The molecule has 2 nitrogen and oxygen atoms in total. The van der Waals surface area contributed by atoms with Crippen LogP contribution in [-0.4, -0.2) is 9.97 Å². The fourth-order valence-corrected chi connectivity index (χ4v) is 3.15. The topological polar surface area (TPSA) is 28.7 Å². The van der Waals surface area contributed by atoms with Crippen molar-refractivity contribution in [1.29, 1.82) is 0 Å². The number of aryl methyl sites for hydroxylation is 1. The highest BCUT2D eigenvalue weighted by Gasteiger charge is 2.10. The molecule has 1 N–H and O–H groups in total. The van der Waals surface area contributed by atoms with Crippen LogP contribution in [0, 0.1) is 12.7 Å². The Morgan fingerprint density at radius 1 is 1.35 bits per heavy atom. The number of nitrogens with one attached hydrogen (secondary N) is 1. The first kappa shape index (κ1) is 10.9. The number of rotatable bonds is 1. The molecule has 0 fully saturated rings. The zero-order chi connectivity index (χ0) is 12.0. The van der Waals surface area contributed by atoms with E-state index in [1.807, 2.05) is 6.92 Å². The molecule has 0 aliphatic carbocycles. The summed E-state index contributed by atoms with van der Waals surface area (Å²) >= 11 is 5.10. The molecule has 0 radical (unpaired) electrons. The lowest BCUT2D eigenvalue weighted by atomic mass is 10.3. The SMILES string of the molecule is Cc1cc(-c2nc3ccc(F)cc3[nH]2)sc1Br. The summed E-state index contributed by atoms with van der Waals surface area (Å²) in [6, 6.07) is 6.62. The van der Waals surface area contributed by atoms with Crippen molar-refractivity contribution in [2.45, 2.75) is 6.92 Å². The Hall–Kier alpha value is -1.20. The standard InChI is InChI=1S/C12H8BrFN2S/c1-6-4-10(17-11(6)13)12-15-8-3-2-7(14)5-9(8)16-12/h2-5H,1H3,(H,15,16). The highest BCUT2D eigenvalue weighted by atomic mass is 79.9. The first-order valence-corrected chi connectivity index (χ1v) is 6.66. The van der Waals surface area contributed by atoms with E-state index in [1.165, 1.54) is 17.7 Å². The second kappa shape index (κ2) is 3.92. The van der Waals surface area contributed by atoms with Crippen LogP contribution in [0.15, 0.2) is 28.1 Å². The smallest absolute Gasteiger partial charge is 0.148 e. The largest absolute Gasteiger partial charge is 0.337 e. The third kappa shape index (κ3) is 1.89. The maximum atomic E-state index is 13.1. The van der Waals surface area contributed by atoms with E-state index in [4.69, 9.17) is 0 Å². The Bertz CT molecular complexity index is 682. The highest BCUT2D eigenvalue weighted by molar-refractivity contribution is 9.11. The molecular weight excluding hydrogens is 303 g/mol. The van der Waals surface area contributed by atoms with Gasteiger partial charge in [-0.3, -0.25) is 0 Å². The lowest BCUT2D eigenvalue weighted by Crippen LogP contribution is -1.73. The van der Waals surface area contributed by atoms with Crippen LogP contribution in [0.2, 0.25) is 0 Å². The van der Waals surface area contributed by atoms with Crippen LogP contribution in [-0.2, 0) is 0 Å². The van der Waals surface area contributed by atoms with Gasteiger partial charge in [0.1, 0.15) is 11.6 Å².